The highest BCUT2D eigenvalue weighted by atomic mass is 79.9. The molecular weight excluding hydrogens is 502 g/mol. The van der Waals surface area contributed by atoms with Crippen LogP contribution >= 0.6 is 27.7 Å². The minimum absolute atomic E-state index is 0.0491. The number of thioether (sulfide) groups is 1. The van der Waals surface area contributed by atoms with Crippen molar-refractivity contribution in [2.45, 2.75) is 31.3 Å². The number of nitro groups is 1. The van der Waals surface area contributed by atoms with Gasteiger partial charge in [0.05, 0.1) is 17.8 Å². The Kier molecular flexibility index (Phi) is 6.64. The molecule has 2 aliphatic rings. The standard InChI is InChI=1S/C16H16BrN5O8S/c1-7(23)30-5-8-6-31-15-11(14(25)21(15)12(8)16(26)27)18-10(24)2-3-20-4-9(17)13(19-20)22(28)29/h4,11,15H,2-3,5-6H2,1H3,(H,18,24)(H,26,27)/t11-,15-/m1/s1. The second kappa shape index (κ2) is 9.05. The lowest BCUT2D eigenvalue weighted by molar-refractivity contribution is -0.390. The van der Waals surface area contributed by atoms with Gasteiger partial charge in [0, 0.05) is 24.7 Å². The SMILES string of the molecule is CC(=O)OCC1=C(C(=O)O)N2C(=O)[C@@H](NC(=O)CCn3cc(Br)c([N+](=O)[O-])n3)[C@H]2SC1. The molecule has 1 aromatic rings. The molecule has 0 spiro atoms. The van der Waals surface area contributed by atoms with E-state index in [1.165, 1.54) is 29.6 Å². The smallest absolute Gasteiger partial charge is 0.404 e. The number of aromatic nitrogens is 2. The van der Waals surface area contributed by atoms with Crippen molar-refractivity contribution in [3.63, 3.8) is 0 Å². The number of nitrogens with zero attached hydrogens (tertiary/aromatic N) is 4. The lowest BCUT2D eigenvalue weighted by atomic mass is 10.0. The zero-order chi connectivity index (χ0) is 22.9. The molecule has 2 atom stereocenters. The summed E-state index contributed by atoms with van der Waals surface area (Å²) in [6.07, 6.45) is 1.28. The first kappa shape index (κ1) is 22.7. The summed E-state index contributed by atoms with van der Waals surface area (Å²) < 4.78 is 6.27. The predicted octanol–water partition coefficient (Wildman–Crippen LogP) is 0.246. The van der Waals surface area contributed by atoms with E-state index >= 15 is 0 Å². The van der Waals surface area contributed by atoms with Gasteiger partial charge in [0.25, 0.3) is 5.91 Å². The van der Waals surface area contributed by atoms with Crippen LogP contribution in [0.5, 0.6) is 0 Å². The number of aryl methyl sites for hydroxylation is 1. The molecule has 0 saturated carbocycles. The predicted molar refractivity (Wildman–Crippen MR) is 108 cm³/mol. The van der Waals surface area contributed by atoms with Gasteiger partial charge in [-0.05, 0) is 20.9 Å². The minimum atomic E-state index is -1.32. The molecule has 0 aliphatic carbocycles. The van der Waals surface area contributed by atoms with Crippen LogP contribution in [0.2, 0.25) is 0 Å². The molecule has 0 aromatic carbocycles. The number of carbonyl (C=O) groups is 4. The van der Waals surface area contributed by atoms with E-state index in [1.807, 2.05) is 0 Å². The molecule has 0 bridgehead atoms. The van der Waals surface area contributed by atoms with Crippen LogP contribution in [0.1, 0.15) is 13.3 Å². The Morgan fingerprint density at radius 1 is 1.48 bits per heavy atom. The molecule has 15 heteroatoms. The van der Waals surface area contributed by atoms with E-state index in [-0.39, 0.29) is 41.3 Å². The number of ether oxygens (including phenoxy) is 1. The molecule has 2 aliphatic heterocycles. The molecule has 13 nitrogen and oxygen atoms in total. The molecule has 2 amide bonds. The summed E-state index contributed by atoms with van der Waals surface area (Å²) >= 11 is 4.26. The topological polar surface area (TPSA) is 174 Å². The Morgan fingerprint density at radius 2 is 2.19 bits per heavy atom. The van der Waals surface area contributed by atoms with Crippen molar-refractivity contribution in [3.8, 4) is 0 Å². The van der Waals surface area contributed by atoms with Gasteiger partial charge >= 0.3 is 17.8 Å². The van der Waals surface area contributed by atoms with Crippen molar-refractivity contribution in [1.29, 1.82) is 0 Å². The van der Waals surface area contributed by atoms with E-state index in [0.29, 0.717) is 5.57 Å². The minimum Gasteiger partial charge on any atom is -0.477 e. The van der Waals surface area contributed by atoms with Crippen LogP contribution in [0, 0.1) is 10.1 Å². The van der Waals surface area contributed by atoms with E-state index in [2.05, 4.69) is 26.3 Å². The molecule has 0 unspecified atom stereocenters. The molecule has 2 N–H and O–H groups in total. The number of esters is 1. The second-order valence-corrected chi connectivity index (χ2v) is 8.52. The second-order valence-electron chi connectivity index (χ2n) is 6.56. The van der Waals surface area contributed by atoms with Gasteiger partial charge in [-0.15, -0.1) is 11.8 Å². The number of aliphatic carboxylic acids is 1. The van der Waals surface area contributed by atoms with Crippen molar-refractivity contribution in [2.24, 2.45) is 0 Å². The first-order valence-corrected chi connectivity index (χ1v) is 10.6. The van der Waals surface area contributed by atoms with Crippen LogP contribution in [0.3, 0.4) is 0 Å². The molecular formula is C16H16BrN5O8S. The van der Waals surface area contributed by atoms with E-state index in [0.717, 1.165) is 4.90 Å². The van der Waals surface area contributed by atoms with Crippen LogP contribution in [0.25, 0.3) is 0 Å². The fourth-order valence-electron chi connectivity index (χ4n) is 3.07. The number of rotatable bonds is 8. The number of carboxylic acids is 1. The van der Waals surface area contributed by atoms with Crippen molar-refractivity contribution in [1.82, 2.24) is 20.0 Å². The summed E-state index contributed by atoms with van der Waals surface area (Å²) in [6.45, 7) is 1.01. The van der Waals surface area contributed by atoms with Crippen molar-refractivity contribution in [3.05, 3.63) is 32.1 Å². The molecule has 31 heavy (non-hydrogen) atoms. The first-order valence-electron chi connectivity index (χ1n) is 8.80. The van der Waals surface area contributed by atoms with Gasteiger partial charge in [0.1, 0.15) is 28.2 Å². The monoisotopic (exact) mass is 517 g/mol. The Bertz CT molecular complexity index is 1010. The number of carboxylic acid groups (broad SMARTS) is 1. The summed E-state index contributed by atoms with van der Waals surface area (Å²) in [5, 5.41) is 26.0. The van der Waals surface area contributed by atoms with Gasteiger partial charge in [0.2, 0.25) is 5.91 Å². The normalized spacial score (nSPS) is 20.1. The van der Waals surface area contributed by atoms with E-state index < -0.39 is 40.1 Å². The number of amides is 2. The third-order valence-electron chi connectivity index (χ3n) is 4.46. The fourth-order valence-corrected chi connectivity index (χ4v) is 4.86. The maximum Gasteiger partial charge on any atom is 0.404 e. The Balaban J connectivity index is 1.61. The van der Waals surface area contributed by atoms with Crippen LogP contribution in [-0.4, -0.2) is 72.2 Å². The largest absolute Gasteiger partial charge is 0.477 e. The number of β-lactam (4-membered cyclic amide) rings is 1. The quantitative estimate of drug-likeness (QED) is 0.210. The Hall–Kier alpha value is -2.94. The third-order valence-corrected chi connectivity index (χ3v) is 6.36. The number of fused-ring (bicyclic) bond motifs is 1. The van der Waals surface area contributed by atoms with Gasteiger partial charge in [-0.2, -0.15) is 4.68 Å². The van der Waals surface area contributed by atoms with Gasteiger partial charge in [-0.1, -0.05) is 0 Å². The number of halogens is 1. The molecule has 3 heterocycles. The lowest BCUT2D eigenvalue weighted by Gasteiger charge is -2.49. The molecule has 0 radical (unpaired) electrons. The molecule has 1 saturated heterocycles. The summed E-state index contributed by atoms with van der Waals surface area (Å²) in [7, 11) is 0. The van der Waals surface area contributed by atoms with Crippen LogP contribution in [0.15, 0.2) is 21.9 Å². The number of hydrogen-bond donors (Lipinski definition) is 2. The van der Waals surface area contributed by atoms with Gasteiger partial charge in [-0.25, -0.2) is 4.79 Å². The lowest BCUT2D eigenvalue weighted by Crippen LogP contribution is -2.70. The average molecular weight is 518 g/mol. The third kappa shape index (κ3) is 4.71. The van der Waals surface area contributed by atoms with Gasteiger partial charge in [0.15, 0.2) is 0 Å². The zero-order valence-corrected chi connectivity index (χ0v) is 18.3. The average Bonchev–Trinajstić information content (AvgIpc) is 3.08. The Morgan fingerprint density at radius 3 is 2.77 bits per heavy atom. The molecule has 1 aromatic heterocycles. The fraction of sp³-hybridized carbons (Fsp3) is 0.438. The van der Waals surface area contributed by atoms with Crippen molar-refractivity contribution >= 4 is 57.3 Å². The van der Waals surface area contributed by atoms with Gasteiger partial charge in [-0.3, -0.25) is 19.3 Å². The summed E-state index contributed by atoms with van der Waals surface area (Å²) in [5.74, 6) is -3.11. The van der Waals surface area contributed by atoms with Crippen molar-refractivity contribution < 1.29 is 33.9 Å². The van der Waals surface area contributed by atoms with E-state index in [1.54, 1.807) is 0 Å². The number of carbonyl (C=O) groups excluding carboxylic acids is 3. The highest BCUT2D eigenvalue weighted by Crippen LogP contribution is 2.40. The summed E-state index contributed by atoms with van der Waals surface area (Å²) in [5.41, 5.74) is 0.0575. The first-order chi connectivity index (χ1) is 14.6. The van der Waals surface area contributed by atoms with Crippen LogP contribution in [-0.2, 0) is 30.5 Å². The number of nitrogens with one attached hydrogen (secondary N) is 1. The Labute approximate surface area is 187 Å². The highest BCUT2D eigenvalue weighted by molar-refractivity contribution is 9.10. The molecule has 166 valence electrons. The van der Waals surface area contributed by atoms with Crippen molar-refractivity contribution in [2.75, 3.05) is 12.4 Å². The number of hydrogen-bond acceptors (Lipinski definition) is 9. The van der Waals surface area contributed by atoms with E-state index in [9.17, 15) is 34.4 Å². The van der Waals surface area contributed by atoms with E-state index in [4.69, 9.17) is 4.74 Å². The maximum absolute atomic E-state index is 12.5. The maximum atomic E-state index is 12.5. The van der Waals surface area contributed by atoms with Crippen LogP contribution in [0.4, 0.5) is 5.82 Å². The highest BCUT2D eigenvalue weighted by Gasteiger charge is 2.54. The summed E-state index contributed by atoms with van der Waals surface area (Å²) in [4.78, 5) is 58.7. The zero-order valence-electron chi connectivity index (χ0n) is 15.9. The molecule has 3 rings (SSSR count). The summed E-state index contributed by atoms with van der Waals surface area (Å²) in [6, 6.07) is -0.902. The van der Waals surface area contributed by atoms with Crippen LogP contribution < -0.4 is 5.32 Å². The van der Waals surface area contributed by atoms with Gasteiger partial charge < -0.3 is 25.3 Å². The molecule has 1 fully saturated rings.